The van der Waals surface area contributed by atoms with Gasteiger partial charge in [0.25, 0.3) is 5.91 Å². The molecular weight excluding hydrogens is 358 g/mol. The van der Waals surface area contributed by atoms with Crippen LogP contribution < -0.4 is 20.3 Å². The van der Waals surface area contributed by atoms with Gasteiger partial charge in [-0.25, -0.2) is 0 Å². The first kappa shape index (κ1) is 19.4. The van der Waals surface area contributed by atoms with Gasteiger partial charge in [-0.05, 0) is 37.6 Å². The number of rotatable bonds is 5. The average Bonchev–Trinajstić information content (AvgIpc) is 2.98. The molecule has 146 valence electrons. The van der Waals surface area contributed by atoms with E-state index < -0.39 is 17.9 Å². The van der Waals surface area contributed by atoms with E-state index in [0.717, 1.165) is 11.3 Å². The number of anilines is 1. The first-order chi connectivity index (χ1) is 13.4. The lowest BCUT2D eigenvalue weighted by atomic mass is 10.1. The van der Waals surface area contributed by atoms with Gasteiger partial charge < -0.3 is 20.3 Å². The minimum atomic E-state index is -0.863. The summed E-state index contributed by atoms with van der Waals surface area (Å²) in [6, 6.07) is 13.5. The second kappa shape index (κ2) is 8.12. The second-order valence-corrected chi connectivity index (χ2v) is 6.80. The van der Waals surface area contributed by atoms with Crippen molar-refractivity contribution in [2.24, 2.45) is 0 Å². The second-order valence-electron chi connectivity index (χ2n) is 6.80. The van der Waals surface area contributed by atoms with Crippen molar-refractivity contribution in [2.45, 2.75) is 32.5 Å². The standard InChI is InChI=1S/C21H23N3O4/c1-13(2)24-17-7-5-4-6-16(17)18(21(24)27)23-20(26)19(25)22-12-14-8-10-15(28-3)11-9-14/h4-11,13,18H,12H2,1-3H3,(H,22,25)(H,23,26)/t18-/m1/s1. The van der Waals surface area contributed by atoms with Gasteiger partial charge in [0.1, 0.15) is 11.8 Å². The molecule has 0 unspecified atom stereocenters. The van der Waals surface area contributed by atoms with Crippen LogP contribution in [-0.2, 0) is 20.9 Å². The first-order valence-corrected chi connectivity index (χ1v) is 9.06. The molecule has 0 saturated heterocycles. The molecule has 0 aromatic heterocycles. The van der Waals surface area contributed by atoms with Crippen LogP contribution >= 0.6 is 0 Å². The summed E-state index contributed by atoms with van der Waals surface area (Å²) >= 11 is 0. The summed E-state index contributed by atoms with van der Waals surface area (Å²) in [6.07, 6.45) is 0. The van der Waals surface area contributed by atoms with Crippen LogP contribution in [0.4, 0.5) is 5.69 Å². The maximum absolute atomic E-state index is 12.8. The maximum Gasteiger partial charge on any atom is 0.310 e. The van der Waals surface area contributed by atoms with E-state index in [9.17, 15) is 14.4 Å². The fraction of sp³-hybridized carbons (Fsp3) is 0.286. The van der Waals surface area contributed by atoms with Crippen LogP contribution in [0.15, 0.2) is 48.5 Å². The molecular formula is C21H23N3O4. The van der Waals surface area contributed by atoms with Gasteiger partial charge in [-0.1, -0.05) is 30.3 Å². The lowest BCUT2D eigenvalue weighted by Crippen LogP contribution is -2.45. The summed E-state index contributed by atoms with van der Waals surface area (Å²) in [4.78, 5) is 38.9. The molecule has 0 bridgehead atoms. The molecule has 1 atom stereocenters. The van der Waals surface area contributed by atoms with Crippen LogP contribution in [0.2, 0.25) is 0 Å². The van der Waals surface area contributed by atoms with Crippen LogP contribution in [0.25, 0.3) is 0 Å². The van der Waals surface area contributed by atoms with Crippen LogP contribution in [0.5, 0.6) is 5.75 Å². The third-order valence-electron chi connectivity index (χ3n) is 4.60. The van der Waals surface area contributed by atoms with Crippen molar-refractivity contribution in [3.8, 4) is 5.75 Å². The molecule has 1 heterocycles. The van der Waals surface area contributed by atoms with Crippen LogP contribution in [0.1, 0.15) is 31.0 Å². The Morgan fingerprint density at radius 3 is 2.39 bits per heavy atom. The van der Waals surface area contributed by atoms with E-state index in [2.05, 4.69) is 10.6 Å². The minimum absolute atomic E-state index is 0.0561. The molecule has 0 saturated carbocycles. The number of hydrogen-bond acceptors (Lipinski definition) is 4. The molecule has 0 fully saturated rings. The Bertz CT molecular complexity index is 893. The van der Waals surface area contributed by atoms with Gasteiger partial charge in [0, 0.05) is 23.8 Å². The van der Waals surface area contributed by atoms with Gasteiger partial charge in [0.15, 0.2) is 0 Å². The van der Waals surface area contributed by atoms with Gasteiger partial charge in [-0.3, -0.25) is 14.4 Å². The summed E-state index contributed by atoms with van der Waals surface area (Å²) in [7, 11) is 1.57. The summed E-state index contributed by atoms with van der Waals surface area (Å²) in [5, 5.41) is 5.13. The predicted octanol–water partition coefficient (Wildman–Crippen LogP) is 1.92. The number of nitrogens with one attached hydrogen (secondary N) is 2. The molecule has 2 N–H and O–H groups in total. The highest BCUT2D eigenvalue weighted by molar-refractivity contribution is 6.35. The van der Waals surface area contributed by atoms with E-state index in [1.54, 1.807) is 48.4 Å². The van der Waals surface area contributed by atoms with Crippen LogP contribution in [0.3, 0.4) is 0 Å². The van der Waals surface area contributed by atoms with Crippen LogP contribution in [0, 0.1) is 0 Å². The molecule has 3 rings (SSSR count). The minimum Gasteiger partial charge on any atom is -0.497 e. The lowest BCUT2D eigenvalue weighted by Gasteiger charge is -2.22. The number of para-hydroxylation sites is 1. The van der Waals surface area contributed by atoms with E-state index in [4.69, 9.17) is 4.74 Å². The molecule has 7 heteroatoms. The number of hydrogen-bond donors (Lipinski definition) is 2. The lowest BCUT2D eigenvalue weighted by molar-refractivity contribution is -0.140. The number of ether oxygens (including phenoxy) is 1. The number of fused-ring (bicyclic) bond motifs is 1. The van der Waals surface area contributed by atoms with Gasteiger partial charge in [0.2, 0.25) is 0 Å². The van der Waals surface area contributed by atoms with Gasteiger partial charge in [-0.15, -0.1) is 0 Å². The number of amides is 3. The summed E-state index contributed by atoms with van der Waals surface area (Å²) in [5.74, 6) is -1.16. The Labute approximate surface area is 163 Å². The maximum atomic E-state index is 12.8. The van der Waals surface area contributed by atoms with Crippen molar-refractivity contribution in [1.82, 2.24) is 10.6 Å². The number of nitrogens with zero attached hydrogens (tertiary/aromatic N) is 1. The molecule has 28 heavy (non-hydrogen) atoms. The summed E-state index contributed by atoms with van der Waals surface area (Å²) in [5.41, 5.74) is 2.28. The summed E-state index contributed by atoms with van der Waals surface area (Å²) < 4.78 is 5.08. The monoisotopic (exact) mass is 381 g/mol. The highest BCUT2D eigenvalue weighted by Crippen LogP contribution is 2.36. The number of methoxy groups -OCH3 is 1. The van der Waals surface area contributed by atoms with Gasteiger partial charge >= 0.3 is 11.8 Å². The molecule has 3 amide bonds. The van der Waals surface area contributed by atoms with E-state index in [-0.39, 0.29) is 18.5 Å². The first-order valence-electron chi connectivity index (χ1n) is 9.06. The van der Waals surface area contributed by atoms with Crippen molar-refractivity contribution in [3.05, 3.63) is 59.7 Å². The Morgan fingerprint density at radius 2 is 1.75 bits per heavy atom. The average molecular weight is 381 g/mol. The molecule has 2 aromatic rings. The van der Waals surface area contributed by atoms with Crippen molar-refractivity contribution < 1.29 is 19.1 Å². The number of benzene rings is 2. The fourth-order valence-corrected chi connectivity index (χ4v) is 3.22. The van der Waals surface area contributed by atoms with E-state index >= 15 is 0 Å². The number of carbonyl (C=O) groups is 3. The van der Waals surface area contributed by atoms with E-state index in [0.29, 0.717) is 11.3 Å². The molecule has 1 aliphatic heterocycles. The highest BCUT2D eigenvalue weighted by atomic mass is 16.5. The molecule has 1 aliphatic rings. The molecule has 2 aromatic carbocycles. The zero-order valence-electron chi connectivity index (χ0n) is 16.1. The largest absolute Gasteiger partial charge is 0.497 e. The third-order valence-corrected chi connectivity index (χ3v) is 4.60. The Kier molecular flexibility index (Phi) is 5.63. The molecule has 0 spiro atoms. The van der Waals surface area contributed by atoms with Crippen molar-refractivity contribution >= 4 is 23.4 Å². The highest BCUT2D eigenvalue weighted by Gasteiger charge is 2.39. The topological polar surface area (TPSA) is 87.7 Å². The van der Waals surface area contributed by atoms with Crippen molar-refractivity contribution in [2.75, 3.05) is 12.0 Å². The zero-order chi connectivity index (χ0) is 20.3. The van der Waals surface area contributed by atoms with Crippen molar-refractivity contribution in [3.63, 3.8) is 0 Å². The van der Waals surface area contributed by atoms with E-state index in [1.807, 2.05) is 26.0 Å². The predicted molar refractivity (Wildman–Crippen MR) is 105 cm³/mol. The zero-order valence-corrected chi connectivity index (χ0v) is 16.1. The Morgan fingerprint density at radius 1 is 1.07 bits per heavy atom. The fourth-order valence-electron chi connectivity index (χ4n) is 3.22. The van der Waals surface area contributed by atoms with Crippen molar-refractivity contribution in [1.29, 1.82) is 0 Å². The van der Waals surface area contributed by atoms with E-state index in [1.165, 1.54) is 0 Å². The smallest absolute Gasteiger partial charge is 0.310 e. The molecule has 0 aliphatic carbocycles. The molecule has 7 nitrogen and oxygen atoms in total. The summed E-state index contributed by atoms with van der Waals surface area (Å²) in [6.45, 7) is 4.00. The molecule has 0 radical (unpaired) electrons. The SMILES string of the molecule is COc1ccc(CNC(=O)C(=O)N[C@H]2C(=O)N(C(C)C)c3ccccc32)cc1. The van der Waals surface area contributed by atoms with Crippen LogP contribution in [-0.4, -0.2) is 30.9 Å². The van der Waals surface area contributed by atoms with Gasteiger partial charge in [0.05, 0.1) is 7.11 Å². The Hall–Kier alpha value is -3.35. The normalized spacial score (nSPS) is 15.4. The number of carbonyl (C=O) groups excluding carboxylic acids is 3. The third kappa shape index (κ3) is 3.83. The quantitative estimate of drug-likeness (QED) is 0.775. The Balaban J connectivity index is 1.65. The van der Waals surface area contributed by atoms with Gasteiger partial charge in [-0.2, -0.15) is 0 Å².